The first-order chi connectivity index (χ1) is 31.3. The summed E-state index contributed by atoms with van der Waals surface area (Å²) in [6.45, 7) is 14.8. The van der Waals surface area contributed by atoms with Crippen LogP contribution in [-0.4, -0.2) is 140 Å². The standard InChI is InChI=1S/C45H62N12O5S3/c1-33-11-13-38(40(27-33)53-15-7-5-8-16-53)48-42(59)56(44-46-29-36(63-44)31-50-19-23-52(24-20-50)35(3)58)57(43(60)49-39-14-12-34(2)28-41(39)54-17-9-6-10-18-54)45-47-30-37(64-45)32-51-21-25-55(26-22-51)65(4,61)62/h11-14,27-30H,5-10,15-26,31-32H2,1-4H3,(H,48,59)(H,49,60). The van der Waals surface area contributed by atoms with E-state index in [4.69, 9.17) is 9.97 Å². The highest BCUT2D eigenvalue weighted by atomic mass is 32.2. The first kappa shape index (κ1) is 46.7. The Balaban J connectivity index is 1.16. The summed E-state index contributed by atoms with van der Waals surface area (Å²) in [4.78, 5) is 65.0. The Morgan fingerprint density at radius 1 is 0.615 bits per heavy atom. The lowest BCUT2D eigenvalue weighted by atomic mass is 10.1. The lowest BCUT2D eigenvalue weighted by Crippen LogP contribution is -2.54. The number of aromatic nitrogens is 2. The summed E-state index contributed by atoms with van der Waals surface area (Å²) in [5.74, 6) is 0.0651. The third-order valence-corrected chi connectivity index (χ3v) is 15.8. The van der Waals surface area contributed by atoms with Crippen LogP contribution in [0.5, 0.6) is 0 Å². The van der Waals surface area contributed by atoms with E-state index in [-0.39, 0.29) is 16.2 Å². The number of hydrazine groups is 1. The first-order valence-corrected chi connectivity index (χ1v) is 26.3. The van der Waals surface area contributed by atoms with Crippen LogP contribution in [0.15, 0.2) is 48.8 Å². The van der Waals surface area contributed by atoms with Gasteiger partial charge in [-0.1, -0.05) is 34.8 Å². The van der Waals surface area contributed by atoms with Crippen molar-refractivity contribution in [3.05, 3.63) is 69.7 Å². The molecule has 4 saturated heterocycles. The molecular weight excluding hydrogens is 885 g/mol. The summed E-state index contributed by atoms with van der Waals surface area (Å²) in [6, 6.07) is 10.9. The number of thiazole rings is 2. The molecule has 20 heteroatoms. The van der Waals surface area contributed by atoms with Gasteiger partial charge in [-0.05, 0) is 87.8 Å². The van der Waals surface area contributed by atoms with Crippen LogP contribution in [0.4, 0.5) is 42.6 Å². The highest BCUT2D eigenvalue weighted by Gasteiger charge is 2.36. The van der Waals surface area contributed by atoms with Crippen molar-refractivity contribution in [3.8, 4) is 0 Å². The van der Waals surface area contributed by atoms with E-state index in [0.29, 0.717) is 76.8 Å². The molecule has 0 bridgehead atoms. The van der Waals surface area contributed by atoms with Crippen molar-refractivity contribution in [1.29, 1.82) is 0 Å². The topological polar surface area (TPSA) is 161 Å². The number of piperidine rings is 2. The zero-order valence-electron chi connectivity index (χ0n) is 38.0. The molecule has 4 aliphatic rings. The van der Waals surface area contributed by atoms with E-state index in [1.54, 1.807) is 19.3 Å². The number of anilines is 6. The van der Waals surface area contributed by atoms with Crippen LogP contribution in [0.25, 0.3) is 0 Å². The van der Waals surface area contributed by atoms with Crippen molar-refractivity contribution >= 4 is 83.7 Å². The van der Waals surface area contributed by atoms with Crippen LogP contribution in [-0.2, 0) is 27.9 Å². The van der Waals surface area contributed by atoms with E-state index >= 15 is 9.59 Å². The maximum absolute atomic E-state index is 15.3. The van der Waals surface area contributed by atoms with Gasteiger partial charge >= 0.3 is 12.1 Å². The number of aryl methyl sites for hydroxylation is 2. The van der Waals surface area contributed by atoms with E-state index in [9.17, 15) is 13.2 Å². The summed E-state index contributed by atoms with van der Waals surface area (Å²) < 4.78 is 26.0. The van der Waals surface area contributed by atoms with Gasteiger partial charge in [0.2, 0.25) is 26.2 Å². The Morgan fingerprint density at radius 2 is 1.03 bits per heavy atom. The van der Waals surface area contributed by atoms with Crippen molar-refractivity contribution in [2.45, 2.75) is 72.4 Å². The number of carbonyl (C=O) groups excluding carboxylic acids is 3. The number of amides is 5. The first-order valence-electron chi connectivity index (χ1n) is 22.8. The molecule has 4 fully saturated rings. The van der Waals surface area contributed by atoms with Gasteiger partial charge in [-0.15, -0.1) is 0 Å². The Bertz CT molecular complexity index is 2420. The minimum absolute atomic E-state index is 0.0651. The summed E-state index contributed by atoms with van der Waals surface area (Å²) in [6.07, 6.45) is 11.3. The van der Waals surface area contributed by atoms with Gasteiger partial charge in [-0.25, -0.2) is 28.0 Å². The van der Waals surface area contributed by atoms with E-state index < -0.39 is 22.1 Å². The number of hydrogen-bond donors (Lipinski definition) is 2. The Kier molecular flexibility index (Phi) is 14.9. The molecule has 65 heavy (non-hydrogen) atoms. The molecule has 6 heterocycles. The molecule has 350 valence electrons. The van der Waals surface area contributed by atoms with Crippen LogP contribution in [0.3, 0.4) is 0 Å². The van der Waals surface area contributed by atoms with E-state index in [1.165, 1.54) is 43.3 Å². The quantitative estimate of drug-likeness (QED) is 0.155. The molecule has 0 saturated carbocycles. The van der Waals surface area contributed by atoms with Crippen molar-refractivity contribution in [2.75, 3.05) is 115 Å². The number of rotatable bonds is 11. The summed E-state index contributed by atoms with van der Waals surface area (Å²) >= 11 is 2.64. The molecule has 4 aromatic rings. The predicted octanol–water partition coefficient (Wildman–Crippen LogP) is 6.63. The Labute approximate surface area is 391 Å². The van der Waals surface area contributed by atoms with E-state index in [1.807, 2.05) is 43.0 Å². The van der Waals surface area contributed by atoms with Crippen molar-refractivity contribution in [2.24, 2.45) is 0 Å². The number of sulfonamides is 1. The fraction of sp³-hybridized carbons (Fsp3) is 0.533. The highest BCUT2D eigenvalue weighted by Crippen LogP contribution is 2.36. The minimum Gasteiger partial charge on any atom is -0.370 e. The molecule has 5 amide bonds. The van der Waals surface area contributed by atoms with E-state index in [2.05, 4.69) is 42.4 Å². The van der Waals surface area contributed by atoms with E-state index in [0.717, 1.165) is 97.0 Å². The highest BCUT2D eigenvalue weighted by molar-refractivity contribution is 7.88. The third-order valence-electron chi connectivity index (χ3n) is 12.6. The lowest BCUT2D eigenvalue weighted by Gasteiger charge is -2.34. The minimum atomic E-state index is -3.29. The molecule has 0 atom stereocenters. The smallest absolute Gasteiger partial charge is 0.348 e. The average molecular weight is 947 g/mol. The second-order valence-corrected chi connectivity index (χ2v) is 21.7. The fourth-order valence-corrected chi connectivity index (χ4v) is 11.7. The van der Waals surface area contributed by atoms with Crippen molar-refractivity contribution in [1.82, 2.24) is 29.0 Å². The number of nitrogens with one attached hydrogen (secondary N) is 2. The van der Waals surface area contributed by atoms with Gasteiger partial charge in [-0.2, -0.15) is 14.3 Å². The number of benzene rings is 2. The zero-order chi connectivity index (χ0) is 45.7. The largest absolute Gasteiger partial charge is 0.370 e. The number of nitrogens with zero attached hydrogens (tertiary/aromatic N) is 10. The molecule has 0 radical (unpaired) electrons. The molecule has 2 N–H and O–H groups in total. The Morgan fingerprint density at radius 3 is 1.43 bits per heavy atom. The van der Waals surface area contributed by atoms with Crippen molar-refractivity contribution in [3.63, 3.8) is 0 Å². The number of carbonyl (C=O) groups is 3. The maximum atomic E-state index is 15.3. The lowest BCUT2D eigenvalue weighted by molar-refractivity contribution is -0.130. The number of hydrogen-bond acceptors (Lipinski definition) is 13. The number of piperazine rings is 2. The molecule has 2 aromatic carbocycles. The number of urea groups is 2. The molecule has 4 aliphatic heterocycles. The van der Waals surface area contributed by atoms with Crippen molar-refractivity contribution < 1.29 is 22.8 Å². The molecule has 2 aromatic heterocycles. The van der Waals surface area contributed by atoms with Crippen LogP contribution >= 0.6 is 22.7 Å². The maximum Gasteiger partial charge on any atom is 0.348 e. The third kappa shape index (κ3) is 11.6. The van der Waals surface area contributed by atoms with Gasteiger partial charge in [0.15, 0.2) is 0 Å². The molecule has 0 spiro atoms. The van der Waals surface area contributed by atoms with Crippen LogP contribution in [0.2, 0.25) is 0 Å². The van der Waals surface area contributed by atoms with Gasteiger partial charge in [0.05, 0.1) is 29.0 Å². The second kappa shape index (κ2) is 20.8. The van der Waals surface area contributed by atoms with Gasteiger partial charge < -0.3 is 25.3 Å². The zero-order valence-corrected chi connectivity index (χ0v) is 40.4. The normalized spacial score (nSPS) is 18.1. The molecule has 0 aliphatic carbocycles. The second-order valence-electron chi connectivity index (χ2n) is 17.6. The molecule has 8 rings (SSSR count). The molecular formula is C45H62N12O5S3. The fourth-order valence-electron chi connectivity index (χ4n) is 8.97. The van der Waals surface area contributed by atoms with Gasteiger partial charge in [0.25, 0.3) is 0 Å². The summed E-state index contributed by atoms with van der Waals surface area (Å²) in [7, 11) is -3.29. The summed E-state index contributed by atoms with van der Waals surface area (Å²) in [5.41, 5.74) is 5.26. The van der Waals surface area contributed by atoms with Gasteiger partial charge in [0.1, 0.15) is 0 Å². The molecule has 17 nitrogen and oxygen atoms in total. The SMILES string of the molecule is CC(=O)N1CCN(Cc2cnc(N(C(=O)Nc3ccc(C)cc3N3CCCCC3)N(C(=O)Nc3ccc(C)cc3N3CCCCC3)c3ncc(CN4CCN(S(C)(=O)=O)CC4)s3)s2)CC1. The predicted molar refractivity (Wildman–Crippen MR) is 261 cm³/mol. The van der Waals surface area contributed by atoms with Gasteiger partial charge in [-0.3, -0.25) is 14.6 Å². The Hall–Kier alpha value is -4.86. The monoisotopic (exact) mass is 946 g/mol. The average Bonchev–Trinajstić information content (AvgIpc) is 3.96. The molecule has 0 unspecified atom stereocenters. The van der Waals surface area contributed by atoms with Crippen LogP contribution < -0.4 is 30.5 Å². The van der Waals surface area contributed by atoms with Gasteiger partial charge in [0, 0.05) is 121 Å². The van der Waals surface area contributed by atoms with Crippen LogP contribution in [0, 0.1) is 13.8 Å². The summed E-state index contributed by atoms with van der Waals surface area (Å²) in [5, 5.41) is 9.62. The van der Waals surface area contributed by atoms with Crippen LogP contribution in [0.1, 0.15) is 66.3 Å².